The Bertz CT molecular complexity index is 887. The number of amides is 1. The van der Waals surface area contributed by atoms with Crippen molar-refractivity contribution in [2.24, 2.45) is 0 Å². The van der Waals surface area contributed by atoms with E-state index in [4.69, 9.17) is 14.2 Å². The quantitative estimate of drug-likeness (QED) is 0.738. The smallest absolute Gasteiger partial charge is 0.351 e. The molecule has 0 fully saturated rings. The average Bonchev–Trinajstić information content (AvgIpc) is 2.89. The van der Waals surface area contributed by atoms with Crippen molar-refractivity contribution in [1.82, 2.24) is 0 Å². The Labute approximate surface area is 167 Å². The third-order valence-corrected chi connectivity index (χ3v) is 5.89. The van der Waals surface area contributed by atoms with Crippen LogP contribution in [0.5, 0.6) is 11.5 Å². The van der Waals surface area contributed by atoms with Crippen LogP contribution >= 0.6 is 11.8 Å². The van der Waals surface area contributed by atoms with Gasteiger partial charge in [0, 0.05) is 16.7 Å². The zero-order valence-corrected chi connectivity index (χ0v) is 16.3. The molecule has 2 aromatic carbocycles. The van der Waals surface area contributed by atoms with Crippen LogP contribution in [0.25, 0.3) is 0 Å². The lowest BCUT2D eigenvalue weighted by Gasteiger charge is -2.26. The SMILES string of the molecule is C[C@@H]1CCN(C(=O)COC(=O)[C@@H]2COc3ccccc3O2)c2ccccc2S1. The normalized spacial score (nSPS) is 20.7. The van der Waals surface area contributed by atoms with Crippen LogP contribution in [0, 0.1) is 0 Å². The highest BCUT2D eigenvalue weighted by Crippen LogP contribution is 2.37. The zero-order valence-electron chi connectivity index (χ0n) is 15.5. The molecule has 6 nitrogen and oxygen atoms in total. The molecule has 2 aliphatic heterocycles. The number of thioether (sulfide) groups is 1. The molecule has 0 unspecified atom stereocenters. The largest absolute Gasteiger partial charge is 0.485 e. The first-order chi connectivity index (χ1) is 13.6. The number of carbonyl (C=O) groups is 2. The predicted octanol–water partition coefficient (Wildman–Crippen LogP) is 3.29. The summed E-state index contributed by atoms with van der Waals surface area (Å²) in [5, 5.41) is 0.411. The summed E-state index contributed by atoms with van der Waals surface area (Å²) in [6.45, 7) is 2.48. The number of para-hydroxylation sites is 3. The second-order valence-corrected chi connectivity index (χ2v) is 8.18. The van der Waals surface area contributed by atoms with E-state index in [1.54, 1.807) is 34.9 Å². The van der Waals surface area contributed by atoms with Gasteiger partial charge in [-0.3, -0.25) is 4.79 Å². The lowest BCUT2D eigenvalue weighted by molar-refractivity contribution is -0.157. The Hall–Kier alpha value is -2.67. The third kappa shape index (κ3) is 3.94. The molecule has 1 amide bonds. The van der Waals surface area contributed by atoms with E-state index in [1.165, 1.54) is 0 Å². The van der Waals surface area contributed by atoms with Gasteiger partial charge in [0.1, 0.15) is 6.61 Å². The highest BCUT2D eigenvalue weighted by molar-refractivity contribution is 8.00. The summed E-state index contributed by atoms with van der Waals surface area (Å²) < 4.78 is 16.4. The molecule has 0 radical (unpaired) electrons. The first kappa shape index (κ1) is 18.7. The molecule has 0 aliphatic carbocycles. The molecule has 2 heterocycles. The van der Waals surface area contributed by atoms with Gasteiger partial charge < -0.3 is 19.1 Å². The Morgan fingerprint density at radius 2 is 1.89 bits per heavy atom. The first-order valence-electron chi connectivity index (χ1n) is 9.23. The van der Waals surface area contributed by atoms with Gasteiger partial charge in [0.2, 0.25) is 6.10 Å². The molecule has 2 aliphatic rings. The Morgan fingerprint density at radius 1 is 1.14 bits per heavy atom. The maximum atomic E-state index is 12.8. The minimum Gasteiger partial charge on any atom is -0.485 e. The number of hydrogen-bond acceptors (Lipinski definition) is 6. The van der Waals surface area contributed by atoms with Crippen LogP contribution in [0.3, 0.4) is 0 Å². The summed E-state index contributed by atoms with van der Waals surface area (Å²) in [4.78, 5) is 27.9. The molecule has 7 heteroatoms. The Balaban J connectivity index is 1.39. The van der Waals surface area contributed by atoms with Crippen molar-refractivity contribution in [2.45, 2.75) is 29.6 Å². The Kier molecular flexibility index (Phi) is 5.43. The van der Waals surface area contributed by atoms with Crippen molar-refractivity contribution >= 4 is 29.3 Å². The van der Waals surface area contributed by atoms with Crippen molar-refractivity contribution in [3.8, 4) is 11.5 Å². The zero-order chi connectivity index (χ0) is 19.5. The molecule has 2 atom stereocenters. The van der Waals surface area contributed by atoms with Crippen LogP contribution in [0.15, 0.2) is 53.4 Å². The summed E-state index contributed by atoms with van der Waals surface area (Å²) in [7, 11) is 0. The number of carbonyl (C=O) groups excluding carboxylic acids is 2. The maximum absolute atomic E-state index is 12.8. The number of hydrogen-bond donors (Lipinski definition) is 0. The molecule has 0 bridgehead atoms. The van der Waals surface area contributed by atoms with E-state index in [2.05, 4.69) is 6.92 Å². The lowest BCUT2D eigenvalue weighted by Crippen LogP contribution is -2.41. The molecule has 2 aromatic rings. The molecular weight excluding hydrogens is 378 g/mol. The van der Waals surface area contributed by atoms with Crippen molar-refractivity contribution in [3.63, 3.8) is 0 Å². The highest BCUT2D eigenvalue weighted by atomic mass is 32.2. The number of esters is 1. The summed E-state index contributed by atoms with van der Waals surface area (Å²) in [6, 6.07) is 14.9. The number of benzene rings is 2. The van der Waals surface area contributed by atoms with Crippen molar-refractivity contribution in [1.29, 1.82) is 0 Å². The summed E-state index contributed by atoms with van der Waals surface area (Å²) in [5.41, 5.74) is 0.865. The molecular formula is C21H21NO5S. The first-order valence-corrected chi connectivity index (χ1v) is 10.1. The van der Waals surface area contributed by atoms with Crippen LogP contribution < -0.4 is 14.4 Å². The van der Waals surface area contributed by atoms with Gasteiger partial charge in [0.05, 0.1) is 5.69 Å². The van der Waals surface area contributed by atoms with Crippen LogP contribution in [-0.4, -0.2) is 43.0 Å². The maximum Gasteiger partial charge on any atom is 0.351 e. The van der Waals surface area contributed by atoms with E-state index in [1.807, 2.05) is 30.3 Å². The number of anilines is 1. The number of nitrogens with zero attached hydrogens (tertiary/aromatic N) is 1. The molecule has 28 heavy (non-hydrogen) atoms. The average molecular weight is 399 g/mol. The molecule has 0 spiro atoms. The number of ether oxygens (including phenoxy) is 3. The Morgan fingerprint density at radius 3 is 2.75 bits per heavy atom. The van der Waals surface area contributed by atoms with E-state index in [9.17, 15) is 9.59 Å². The molecule has 0 N–H and O–H groups in total. The van der Waals surface area contributed by atoms with E-state index < -0.39 is 12.1 Å². The predicted molar refractivity (Wildman–Crippen MR) is 106 cm³/mol. The fraction of sp³-hybridized carbons (Fsp3) is 0.333. The third-order valence-electron chi connectivity index (χ3n) is 4.65. The van der Waals surface area contributed by atoms with Crippen molar-refractivity contribution in [2.75, 3.05) is 24.7 Å². The van der Waals surface area contributed by atoms with E-state index in [0.29, 0.717) is 23.3 Å². The molecule has 0 aromatic heterocycles. The van der Waals surface area contributed by atoms with Gasteiger partial charge in [-0.15, -0.1) is 11.8 Å². The lowest BCUT2D eigenvalue weighted by atomic mass is 10.2. The van der Waals surface area contributed by atoms with Gasteiger partial charge in [-0.2, -0.15) is 0 Å². The fourth-order valence-electron chi connectivity index (χ4n) is 3.19. The number of fused-ring (bicyclic) bond motifs is 2. The standard InChI is InChI=1S/C21H21NO5S/c1-14-10-11-22(15-6-2-5-9-19(15)28-14)20(23)13-26-21(24)18-12-25-16-7-3-4-8-17(16)27-18/h2-9,14,18H,10-13H2,1H3/t14-,18+/m1/s1. The van der Waals surface area contributed by atoms with Crippen molar-refractivity contribution < 1.29 is 23.8 Å². The van der Waals surface area contributed by atoms with Gasteiger partial charge in [-0.1, -0.05) is 31.2 Å². The van der Waals surface area contributed by atoms with Gasteiger partial charge in [-0.25, -0.2) is 4.79 Å². The monoisotopic (exact) mass is 399 g/mol. The van der Waals surface area contributed by atoms with Crippen molar-refractivity contribution in [3.05, 3.63) is 48.5 Å². The van der Waals surface area contributed by atoms with Gasteiger partial charge >= 0.3 is 5.97 Å². The highest BCUT2D eigenvalue weighted by Gasteiger charge is 2.30. The van der Waals surface area contributed by atoms with Crippen LogP contribution in [0.1, 0.15) is 13.3 Å². The summed E-state index contributed by atoms with van der Waals surface area (Å²) in [5.74, 6) is 0.242. The van der Waals surface area contributed by atoms with Crippen LogP contribution in [0.2, 0.25) is 0 Å². The van der Waals surface area contributed by atoms with E-state index >= 15 is 0 Å². The van der Waals surface area contributed by atoms with E-state index in [-0.39, 0.29) is 19.1 Å². The molecule has 4 rings (SSSR count). The van der Waals surface area contributed by atoms with Crippen LogP contribution in [-0.2, 0) is 14.3 Å². The summed E-state index contributed by atoms with van der Waals surface area (Å²) >= 11 is 1.76. The minimum atomic E-state index is -0.880. The van der Waals surface area contributed by atoms with Gasteiger partial charge in [-0.05, 0) is 30.7 Å². The fourth-order valence-corrected chi connectivity index (χ4v) is 4.30. The minimum absolute atomic E-state index is 0.0603. The second kappa shape index (κ2) is 8.14. The molecule has 146 valence electrons. The summed E-state index contributed by atoms with van der Waals surface area (Å²) in [6.07, 6.45) is -0.00948. The topological polar surface area (TPSA) is 65.1 Å². The van der Waals surface area contributed by atoms with Gasteiger partial charge in [0.25, 0.3) is 5.91 Å². The molecule has 0 saturated carbocycles. The molecule has 0 saturated heterocycles. The second-order valence-electron chi connectivity index (χ2n) is 6.70. The van der Waals surface area contributed by atoms with Crippen LogP contribution in [0.4, 0.5) is 5.69 Å². The van der Waals surface area contributed by atoms with E-state index in [0.717, 1.165) is 17.0 Å². The van der Waals surface area contributed by atoms with Gasteiger partial charge in [0.15, 0.2) is 18.1 Å². The number of rotatable bonds is 3.